The van der Waals surface area contributed by atoms with E-state index < -0.39 is 0 Å². The van der Waals surface area contributed by atoms with Gasteiger partial charge >= 0.3 is 0 Å². The molecule has 6 heteroatoms. The monoisotopic (exact) mass is 383 g/mol. The molecule has 2 aliphatic heterocycles. The minimum absolute atomic E-state index is 0.119. The molecule has 4 nitrogen and oxygen atoms in total. The van der Waals surface area contributed by atoms with Crippen molar-refractivity contribution in [1.29, 1.82) is 0 Å². The summed E-state index contributed by atoms with van der Waals surface area (Å²) in [6, 6.07) is 15.6. The molecule has 2 saturated heterocycles. The Kier molecular flexibility index (Phi) is 5.00. The SMILES string of the molecule is O=C1NC(=Nc2ccc(Cl)cc2)S/C1=C\c1ccc(N2CCCC2)cc1. The summed E-state index contributed by atoms with van der Waals surface area (Å²) < 4.78 is 0. The number of halogens is 1. The second-order valence-corrected chi connectivity index (χ2v) is 7.71. The van der Waals surface area contributed by atoms with Gasteiger partial charge in [-0.2, -0.15) is 0 Å². The van der Waals surface area contributed by atoms with E-state index >= 15 is 0 Å². The zero-order valence-electron chi connectivity index (χ0n) is 14.1. The highest BCUT2D eigenvalue weighted by atomic mass is 35.5. The van der Waals surface area contributed by atoms with Crippen LogP contribution in [0.25, 0.3) is 6.08 Å². The van der Waals surface area contributed by atoms with E-state index in [0.29, 0.717) is 15.1 Å². The Hall–Kier alpha value is -2.24. The van der Waals surface area contributed by atoms with Crippen LogP contribution in [0.2, 0.25) is 5.02 Å². The third-order valence-corrected chi connectivity index (χ3v) is 5.53. The molecule has 1 N–H and O–H groups in total. The summed E-state index contributed by atoms with van der Waals surface area (Å²) in [6.07, 6.45) is 4.43. The van der Waals surface area contributed by atoms with E-state index in [1.165, 1.54) is 30.3 Å². The van der Waals surface area contributed by atoms with Gasteiger partial charge in [0, 0.05) is 23.8 Å². The lowest BCUT2D eigenvalue weighted by atomic mass is 10.2. The van der Waals surface area contributed by atoms with Crippen LogP contribution < -0.4 is 10.2 Å². The highest BCUT2D eigenvalue weighted by molar-refractivity contribution is 8.18. The van der Waals surface area contributed by atoms with Crippen LogP contribution in [0.3, 0.4) is 0 Å². The molecule has 2 aliphatic rings. The molecule has 2 aromatic rings. The number of nitrogens with zero attached hydrogens (tertiary/aromatic N) is 2. The van der Waals surface area contributed by atoms with Crippen molar-refractivity contribution in [3.8, 4) is 0 Å². The average Bonchev–Trinajstić information content (AvgIpc) is 3.28. The van der Waals surface area contributed by atoms with E-state index in [0.717, 1.165) is 24.3 Å². The molecule has 0 atom stereocenters. The lowest BCUT2D eigenvalue weighted by molar-refractivity contribution is -0.115. The predicted molar refractivity (Wildman–Crippen MR) is 110 cm³/mol. The van der Waals surface area contributed by atoms with Crippen molar-refractivity contribution in [3.63, 3.8) is 0 Å². The van der Waals surface area contributed by atoms with Crippen LogP contribution in [-0.4, -0.2) is 24.2 Å². The summed E-state index contributed by atoms with van der Waals surface area (Å²) in [6.45, 7) is 2.26. The summed E-state index contributed by atoms with van der Waals surface area (Å²) in [5.41, 5.74) is 3.02. The molecule has 0 aliphatic carbocycles. The second kappa shape index (κ2) is 7.56. The lowest BCUT2D eigenvalue weighted by Gasteiger charge is -2.17. The largest absolute Gasteiger partial charge is 0.372 e. The summed E-state index contributed by atoms with van der Waals surface area (Å²) in [7, 11) is 0. The summed E-state index contributed by atoms with van der Waals surface area (Å²) in [5.74, 6) is -0.119. The van der Waals surface area contributed by atoms with Gasteiger partial charge in [-0.05, 0) is 72.6 Å². The molecular formula is C20H18ClN3OS. The van der Waals surface area contributed by atoms with Gasteiger partial charge in [0.2, 0.25) is 0 Å². The maximum Gasteiger partial charge on any atom is 0.264 e. The number of nitrogens with one attached hydrogen (secondary N) is 1. The molecular weight excluding hydrogens is 366 g/mol. The zero-order valence-corrected chi connectivity index (χ0v) is 15.7. The Morgan fingerprint density at radius 1 is 1.04 bits per heavy atom. The first-order valence-corrected chi connectivity index (χ1v) is 9.77. The number of carbonyl (C=O) groups excluding carboxylic acids is 1. The minimum Gasteiger partial charge on any atom is -0.372 e. The van der Waals surface area contributed by atoms with Gasteiger partial charge in [-0.3, -0.25) is 4.79 Å². The number of carbonyl (C=O) groups is 1. The fourth-order valence-electron chi connectivity index (χ4n) is 3.02. The fraction of sp³-hybridized carbons (Fsp3) is 0.200. The molecule has 0 spiro atoms. The van der Waals surface area contributed by atoms with Crippen molar-refractivity contribution in [3.05, 3.63) is 64.0 Å². The summed E-state index contributed by atoms with van der Waals surface area (Å²) in [5, 5.41) is 4.05. The van der Waals surface area contributed by atoms with E-state index in [4.69, 9.17) is 11.6 Å². The molecule has 0 unspecified atom stereocenters. The quantitative estimate of drug-likeness (QED) is 0.772. The number of hydrogen-bond acceptors (Lipinski definition) is 4. The van der Waals surface area contributed by atoms with E-state index in [9.17, 15) is 4.79 Å². The molecule has 1 amide bonds. The number of hydrogen-bond donors (Lipinski definition) is 1. The summed E-state index contributed by atoms with van der Waals surface area (Å²) >= 11 is 7.23. The molecule has 132 valence electrons. The Bertz CT molecular complexity index is 869. The fourth-order valence-corrected chi connectivity index (χ4v) is 3.99. The van der Waals surface area contributed by atoms with Crippen LogP contribution in [0.15, 0.2) is 58.4 Å². The third-order valence-electron chi connectivity index (χ3n) is 4.37. The molecule has 2 heterocycles. The smallest absolute Gasteiger partial charge is 0.264 e. The maximum atomic E-state index is 12.2. The van der Waals surface area contributed by atoms with E-state index in [1.54, 1.807) is 12.1 Å². The van der Waals surface area contributed by atoms with Gasteiger partial charge < -0.3 is 10.2 Å². The minimum atomic E-state index is -0.119. The van der Waals surface area contributed by atoms with Gasteiger partial charge in [-0.15, -0.1) is 0 Å². The first-order chi connectivity index (χ1) is 12.7. The number of thioether (sulfide) groups is 1. The van der Waals surface area contributed by atoms with Gasteiger partial charge in [0.05, 0.1) is 10.6 Å². The van der Waals surface area contributed by atoms with Crippen LogP contribution in [0, 0.1) is 0 Å². The van der Waals surface area contributed by atoms with Gasteiger partial charge in [0.1, 0.15) is 0 Å². The maximum absolute atomic E-state index is 12.2. The van der Waals surface area contributed by atoms with Crippen molar-refractivity contribution < 1.29 is 4.79 Å². The van der Waals surface area contributed by atoms with Crippen LogP contribution >= 0.6 is 23.4 Å². The van der Waals surface area contributed by atoms with E-state index in [-0.39, 0.29) is 5.91 Å². The van der Waals surface area contributed by atoms with Crippen molar-refractivity contribution in [2.24, 2.45) is 4.99 Å². The molecule has 0 saturated carbocycles. The van der Waals surface area contributed by atoms with Gasteiger partial charge in [-0.25, -0.2) is 4.99 Å². The molecule has 0 radical (unpaired) electrons. The van der Waals surface area contributed by atoms with Crippen molar-refractivity contribution in [1.82, 2.24) is 5.32 Å². The lowest BCUT2D eigenvalue weighted by Crippen LogP contribution is -2.19. The standard InChI is InChI=1S/C20H18ClN3OS/c21-15-5-7-16(8-6-15)22-20-23-19(25)18(26-20)13-14-3-9-17(10-4-14)24-11-1-2-12-24/h3-10,13H,1-2,11-12H2,(H,22,23,25)/b18-13-. The number of rotatable bonds is 3. The second-order valence-electron chi connectivity index (χ2n) is 6.24. The number of amidine groups is 1. The Balaban J connectivity index is 1.48. The number of benzene rings is 2. The first kappa shape index (κ1) is 17.2. The van der Waals surface area contributed by atoms with Gasteiger partial charge in [-0.1, -0.05) is 23.7 Å². The number of amides is 1. The zero-order chi connectivity index (χ0) is 17.9. The third kappa shape index (κ3) is 3.94. The number of anilines is 1. The Labute approximate surface area is 161 Å². The van der Waals surface area contributed by atoms with Crippen molar-refractivity contribution in [2.75, 3.05) is 18.0 Å². The Morgan fingerprint density at radius 2 is 1.73 bits per heavy atom. The van der Waals surface area contributed by atoms with Crippen molar-refractivity contribution in [2.45, 2.75) is 12.8 Å². The molecule has 0 aromatic heterocycles. The van der Waals surface area contributed by atoms with Crippen LogP contribution in [-0.2, 0) is 4.79 Å². The average molecular weight is 384 g/mol. The molecule has 26 heavy (non-hydrogen) atoms. The molecule has 2 fully saturated rings. The summed E-state index contributed by atoms with van der Waals surface area (Å²) in [4.78, 5) is 19.7. The predicted octanol–water partition coefficient (Wildman–Crippen LogP) is 4.83. The van der Waals surface area contributed by atoms with Gasteiger partial charge in [0.15, 0.2) is 5.17 Å². The molecule has 4 rings (SSSR count). The van der Waals surface area contributed by atoms with E-state index in [2.05, 4.69) is 39.5 Å². The van der Waals surface area contributed by atoms with Crippen molar-refractivity contribution >= 4 is 51.9 Å². The van der Waals surface area contributed by atoms with Gasteiger partial charge in [0.25, 0.3) is 5.91 Å². The molecule has 2 aromatic carbocycles. The van der Waals surface area contributed by atoms with Crippen LogP contribution in [0.1, 0.15) is 18.4 Å². The first-order valence-electron chi connectivity index (χ1n) is 8.57. The topological polar surface area (TPSA) is 44.7 Å². The van der Waals surface area contributed by atoms with Crippen LogP contribution in [0.5, 0.6) is 0 Å². The number of aliphatic imine (C=N–C) groups is 1. The van der Waals surface area contributed by atoms with E-state index in [1.807, 2.05) is 18.2 Å². The highest BCUT2D eigenvalue weighted by Gasteiger charge is 2.23. The molecule has 0 bridgehead atoms. The Morgan fingerprint density at radius 3 is 2.42 bits per heavy atom. The van der Waals surface area contributed by atoms with Crippen LogP contribution in [0.4, 0.5) is 11.4 Å². The normalized spacial score (nSPS) is 20.2. The highest BCUT2D eigenvalue weighted by Crippen LogP contribution is 2.29.